The van der Waals surface area contributed by atoms with Gasteiger partial charge in [0.15, 0.2) is 4.73 Å². The Labute approximate surface area is 317 Å². The molecule has 1 saturated heterocycles. The van der Waals surface area contributed by atoms with E-state index < -0.39 is 0 Å². The van der Waals surface area contributed by atoms with Gasteiger partial charge < -0.3 is 10.5 Å². The molecule has 3 N–H and O–H groups in total. The third kappa shape index (κ3) is 5.40. The standard InChI is InChI=1S/C41H67NOS.C2H2BrN3/c1-25(2)28(6)39-17-15-27(5)40(23-39)18-16-33-32(37(40,9)19-20-39)13-14-34-36(8)21-30-11-12-31(30)29(7)41(33,34)44-22-35(36)43-24-38(10,42)26(3)4;3-2-4-1-5-6-2/h15-16,25-26,28-32,34-35H,11-14,17-24,42H2,1-10H3;1H,(H,4,5,6)/t28-,29?,30?,31?,32?,34?,35?,36+,37?,38+,39+,40+,41?;/m1./s1. The average Bonchev–Trinajstić information content (AvgIpc) is 3.54. The van der Waals surface area contributed by atoms with Gasteiger partial charge in [0.05, 0.1) is 12.7 Å². The summed E-state index contributed by atoms with van der Waals surface area (Å²) in [5.41, 5.74) is 11.7. The molecule has 7 heteroatoms. The van der Waals surface area contributed by atoms with Crippen LogP contribution >= 0.6 is 27.7 Å². The topological polar surface area (TPSA) is 76.8 Å². The van der Waals surface area contributed by atoms with Crippen LogP contribution in [0.15, 0.2) is 34.4 Å². The Bertz CT molecular complexity index is 1470. The van der Waals surface area contributed by atoms with E-state index in [9.17, 15) is 0 Å². The number of nitrogens with two attached hydrogens (primary N) is 1. The summed E-state index contributed by atoms with van der Waals surface area (Å²) in [7, 11) is 0. The van der Waals surface area contributed by atoms with Crippen LogP contribution in [0.1, 0.15) is 133 Å². The van der Waals surface area contributed by atoms with E-state index in [0.29, 0.717) is 45.5 Å². The molecule has 6 aliphatic carbocycles. The van der Waals surface area contributed by atoms with E-state index in [2.05, 4.69) is 124 Å². The van der Waals surface area contributed by atoms with Gasteiger partial charge in [-0.3, -0.25) is 5.10 Å². The van der Waals surface area contributed by atoms with Crippen molar-refractivity contribution in [3.05, 3.63) is 34.4 Å². The number of hydrogen-bond donors (Lipinski definition) is 2. The highest BCUT2D eigenvalue weighted by Gasteiger charge is 2.71. The van der Waals surface area contributed by atoms with Crippen LogP contribution in [0.3, 0.4) is 0 Å². The van der Waals surface area contributed by atoms with Gasteiger partial charge in [-0.1, -0.05) is 78.7 Å². The first kappa shape index (κ1) is 37.7. The Kier molecular flexibility index (Phi) is 9.80. The largest absolute Gasteiger partial charge is 0.375 e. The normalized spacial score (nSPS) is 46.3. The number of aromatic nitrogens is 3. The van der Waals surface area contributed by atoms with Crippen LogP contribution in [0.5, 0.6) is 0 Å². The van der Waals surface area contributed by atoms with E-state index in [0.717, 1.165) is 41.3 Å². The van der Waals surface area contributed by atoms with Crippen molar-refractivity contribution in [2.45, 2.75) is 150 Å². The number of hydrogen-bond acceptors (Lipinski definition) is 5. The SMILES string of the molecule is Brc1ncn[nH]1.CC1=CC[C@]2([C@H](C)C(C)C)CCC3(C)C4CCC5C6(SCC(OC[C@](C)(N)C(C)C)[C@@]5(C)CC5CCC5C6C)C4=CC[C@]13C2. The zero-order valence-corrected chi connectivity index (χ0v) is 35.5. The summed E-state index contributed by atoms with van der Waals surface area (Å²) < 4.78 is 7.99. The zero-order chi connectivity index (χ0) is 36.1. The molecule has 7 aliphatic rings. The van der Waals surface area contributed by atoms with Crippen molar-refractivity contribution < 1.29 is 4.74 Å². The number of nitrogens with one attached hydrogen (secondary N) is 1. The summed E-state index contributed by atoms with van der Waals surface area (Å²) >= 11 is 5.43. The van der Waals surface area contributed by atoms with E-state index in [1.54, 1.807) is 5.57 Å². The van der Waals surface area contributed by atoms with Crippen LogP contribution in [-0.2, 0) is 4.74 Å². The quantitative estimate of drug-likeness (QED) is 0.282. The maximum atomic E-state index is 7.03. The van der Waals surface area contributed by atoms with Crippen LogP contribution in [0.25, 0.3) is 0 Å². The molecule has 0 amide bonds. The van der Waals surface area contributed by atoms with Crippen molar-refractivity contribution in [2.24, 2.45) is 74.7 Å². The van der Waals surface area contributed by atoms with E-state index >= 15 is 0 Å². The van der Waals surface area contributed by atoms with Gasteiger partial charge >= 0.3 is 0 Å². The van der Waals surface area contributed by atoms with Gasteiger partial charge in [-0.25, -0.2) is 4.98 Å². The zero-order valence-electron chi connectivity index (χ0n) is 33.1. The summed E-state index contributed by atoms with van der Waals surface area (Å²) in [6.07, 6.45) is 21.4. The number of nitrogens with zero attached hydrogens (tertiary/aromatic N) is 2. The molecule has 0 radical (unpaired) electrons. The molecule has 8 rings (SSSR count). The first-order valence-corrected chi connectivity index (χ1v) is 22.2. The highest BCUT2D eigenvalue weighted by atomic mass is 79.9. The highest BCUT2D eigenvalue weighted by molar-refractivity contribution is 9.10. The average molecular weight is 770 g/mol. The number of halogens is 1. The number of rotatable bonds is 6. The molecule has 4 bridgehead atoms. The van der Waals surface area contributed by atoms with Crippen LogP contribution in [0.4, 0.5) is 0 Å². The second-order valence-electron chi connectivity index (χ2n) is 20.0. The summed E-state index contributed by atoms with van der Waals surface area (Å²) in [6.45, 7) is 25.7. The van der Waals surface area contributed by atoms with E-state index in [4.69, 9.17) is 10.5 Å². The van der Waals surface area contributed by atoms with Gasteiger partial charge in [-0.05, 0) is 158 Å². The molecular weight excluding hydrogens is 700 g/mol. The molecule has 1 aromatic heterocycles. The second-order valence-corrected chi connectivity index (χ2v) is 22.1. The minimum Gasteiger partial charge on any atom is -0.375 e. The number of fused-ring (bicyclic) bond motifs is 4. The monoisotopic (exact) mass is 768 g/mol. The molecule has 280 valence electrons. The number of allylic oxidation sites excluding steroid dienone is 3. The fraction of sp³-hybridized carbons (Fsp3) is 0.860. The fourth-order valence-electron chi connectivity index (χ4n) is 13.5. The highest BCUT2D eigenvalue weighted by Crippen LogP contribution is 2.78. The molecule has 1 aliphatic heterocycles. The Balaban J connectivity index is 0.000000593. The Hall–Kier alpha value is -0.630. The number of H-pyrrole nitrogens is 1. The van der Waals surface area contributed by atoms with Crippen LogP contribution < -0.4 is 5.73 Å². The number of aromatic amines is 1. The lowest BCUT2D eigenvalue weighted by atomic mass is 9.36. The van der Waals surface area contributed by atoms with Crippen molar-refractivity contribution in [1.29, 1.82) is 0 Å². The Morgan fingerprint density at radius 2 is 1.84 bits per heavy atom. The van der Waals surface area contributed by atoms with Crippen LogP contribution in [0.2, 0.25) is 0 Å². The summed E-state index contributed by atoms with van der Waals surface area (Å²) in [5.74, 6) is 7.13. The van der Waals surface area contributed by atoms with Gasteiger partial charge in [-0.2, -0.15) is 5.10 Å². The van der Waals surface area contributed by atoms with Crippen molar-refractivity contribution in [1.82, 2.24) is 15.2 Å². The van der Waals surface area contributed by atoms with Crippen molar-refractivity contribution in [2.75, 3.05) is 12.4 Å². The molecule has 50 heavy (non-hydrogen) atoms. The Morgan fingerprint density at radius 1 is 1.08 bits per heavy atom. The van der Waals surface area contributed by atoms with Crippen molar-refractivity contribution >= 4 is 27.7 Å². The Morgan fingerprint density at radius 3 is 2.44 bits per heavy atom. The summed E-state index contributed by atoms with van der Waals surface area (Å²) in [6, 6.07) is 0. The molecule has 5 nitrogen and oxygen atoms in total. The lowest BCUT2D eigenvalue weighted by molar-refractivity contribution is -0.128. The molecule has 8 unspecified atom stereocenters. The first-order chi connectivity index (χ1) is 23.5. The molecule has 13 atom stereocenters. The van der Waals surface area contributed by atoms with Gasteiger partial charge in [0, 0.05) is 21.5 Å². The lowest BCUT2D eigenvalue weighted by Gasteiger charge is -2.71. The van der Waals surface area contributed by atoms with Gasteiger partial charge in [0.1, 0.15) is 6.33 Å². The molecule has 5 fully saturated rings. The maximum absolute atomic E-state index is 7.03. The smallest absolute Gasteiger partial charge is 0.192 e. The predicted molar refractivity (Wildman–Crippen MR) is 213 cm³/mol. The van der Waals surface area contributed by atoms with Gasteiger partial charge in [0.2, 0.25) is 0 Å². The summed E-state index contributed by atoms with van der Waals surface area (Å²) in [4.78, 5) is 3.67. The molecule has 0 aromatic carbocycles. The third-order valence-electron chi connectivity index (χ3n) is 17.8. The minimum absolute atomic E-state index is 0.239. The van der Waals surface area contributed by atoms with Crippen LogP contribution in [0, 0.1) is 69.0 Å². The van der Waals surface area contributed by atoms with Gasteiger partial charge in [-0.15, -0.1) is 11.8 Å². The van der Waals surface area contributed by atoms with Crippen LogP contribution in [-0.4, -0.2) is 43.9 Å². The van der Waals surface area contributed by atoms with Crippen molar-refractivity contribution in [3.8, 4) is 0 Å². The molecular formula is C43H69BrN4OS. The maximum Gasteiger partial charge on any atom is 0.192 e. The molecule has 1 aromatic rings. The summed E-state index contributed by atoms with van der Waals surface area (Å²) in [5, 5.41) is 6.09. The lowest BCUT2D eigenvalue weighted by Crippen LogP contribution is -2.66. The fourth-order valence-corrected chi connectivity index (χ4v) is 16.0. The van der Waals surface area contributed by atoms with E-state index in [1.807, 2.05) is 5.57 Å². The first-order valence-electron chi connectivity index (χ1n) is 20.4. The van der Waals surface area contributed by atoms with E-state index in [-0.39, 0.29) is 15.7 Å². The van der Waals surface area contributed by atoms with Gasteiger partial charge in [0.25, 0.3) is 0 Å². The van der Waals surface area contributed by atoms with E-state index in [1.165, 1.54) is 70.5 Å². The second kappa shape index (κ2) is 13.0. The minimum atomic E-state index is -0.270. The molecule has 1 spiro atoms. The molecule has 2 heterocycles. The molecule has 4 saturated carbocycles. The number of ether oxygens (including phenoxy) is 1. The third-order valence-corrected chi connectivity index (χ3v) is 20.0. The van der Waals surface area contributed by atoms with Crippen molar-refractivity contribution in [3.63, 3.8) is 0 Å². The predicted octanol–water partition coefficient (Wildman–Crippen LogP) is 11.0. The number of thioether (sulfide) groups is 1.